The molecule has 0 aromatic heterocycles. The Morgan fingerprint density at radius 1 is 0.246 bits per heavy atom. The van der Waals surface area contributed by atoms with Crippen molar-refractivity contribution in [3.05, 3.63) is 0 Å². The topological polar surface area (TPSA) is 49.8 Å². The minimum absolute atomic E-state index is 0.406. The summed E-state index contributed by atoms with van der Waals surface area (Å²) in [6.07, 6.45) is 80.0. The highest BCUT2D eigenvalue weighted by molar-refractivity contribution is 7.50. The van der Waals surface area contributed by atoms with Gasteiger partial charge in [-0.1, -0.05) is 374 Å². The summed E-state index contributed by atoms with van der Waals surface area (Å²) >= 11 is 0. The fourth-order valence-corrected chi connectivity index (χ4v) is 12.1. The quantitative estimate of drug-likeness (QED) is 0.0487. The van der Waals surface area contributed by atoms with E-state index in [2.05, 4.69) is 20.8 Å². The molecular weight excluding hydrogens is 862 g/mol. The van der Waals surface area contributed by atoms with E-state index in [9.17, 15) is 9.46 Å². The lowest BCUT2D eigenvalue weighted by Gasteiger charge is -2.26. The van der Waals surface area contributed by atoms with Crippen LogP contribution in [0, 0.1) is 0 Å². The van der Waals surface area contributed by atoms with E-state index >= 15 is 0 Å². The van der Waals surface area contributed by atoms with E-state index in [1.807, 2.05) is 4.67 Å². The zero-order chi connectivity index (χ0) is 49.9. The van der Waals surface area contributed by atoms with Crippen LogP contribution in [0.15, 0.2) is 0 Å². The summed E-state index contributed by atoms with van der Waals surface area (Å²) < 4.78 is 20.9. The van der Waals surface area contributed by atoms with Crippen LogP contribution in [0.5, 0.6) is 0 Å². The van der Waals surface area contributed by atoms with Crippen molar-refractivity contribution >= 4 is 7.75 Å². The van der Waals surface area contributed by atoms with Gasteiger partial charge in [0.2, 0.25) is 0 Å². The SMILES string of the molecule is CCCCCCCCCCCCCCCCCCCCCCCCCCCCCN(CCCCCCCCCCCCCCCCCCCCCCCCCCCCC)P(=O)(O)OCCCCCC. The van der Waals surface area contributed by atoms with Crippen LogP contribution in [-0.4, -0.2) is 29.3 Å². The van der Waals surface area contributed by atoms with Gasteiger partial charge in [0.25, 0.3) is 0 Å². The normalized spacial score (nSPS) is 12.8. The van der Waals surface area contributed by atoms with Gasteiger partial charge in [-0.25, -0.2) is 9.24 Å². The smallest absolute Gasteiger partial charge is 0.312 e. The average Bonchev–Trinajstić information content (AvgIpc) is 3.35. The van der Waals surface area contributed by atoms with Crippen LogP contribution in [0.4, 0.5) is 0 Å². The first kappa shape index (κ1) is 69.1. The third kappa shape index (κ3) is 57.2. The van der Waals surface area contributed by atoms with E-state index in [0.717, 1.165) is 38.5 Å². The Morgan fingerprint density at radius 2 is 0.391 bits per heavy atom. The summed E-state index contributed by atoms with van der Waals surface area (Å²) in [6.45, 7) is 8.61. The molecule has 416 valence electrons. The van der Waals surface area contributed by atoms with Gasteiger partial charge in [-0.15, -0.1) is 0 Å². The Balaban J connectivity index is 3.76. The van der Waals surface area contributed by atoms with Crippen molar-refractivity contribution in [3.8, 4) is 0 Å². The van der Waals surface area contributed by atoms with Crippen molar-refractivity contribution in [3.63, 3.8) is 0 Å². The van der Waals surface area contributed by atoms with Crippen LogP contribution in [0.25, 0.3) is 0 Å². The third-order valence-electron chi connectivity index (χ3n) is 15.7. The summed E-state index contributed by atoms with van der Waals surface area (Å²) in [5.41, 5.74) is 0. The fraction of sp³-hybridized carbons (Fsp3) is 1.00. The molecule has 0 aliphatic carbocycles. The highest BCUT2D eigenvalue weighted by Gasteiger charge is 2.28. The van der Waals surface area contributed by atoms with Crippen LogP contribution in [0.1, 0.15) is 393 Å². The Labute approximate surface area is 437 Å². The van der Waals surface area contributed by atoms with E-state index in [0.29, 0.717) is 19.7 Å². The first-order valence-corrected chi connectivity index (χ1v) is 34.3. The van der Waals surface area contributed by atoms with Crippen LogP contribution < -0.4 is 0 Å². The van der Waals surface area contributed by atoms with Crippen molar-refractivity contribution in [1.29, 1.82) is 0 Å². The van der Waals surface area contributed by atoms with E-state index in [4.69, 9.17) is 4.52 Å². The number of nitrogens with zero attached hydrogens (tertiary/aromatic N) is 1. The molecule has 4 nitrogen and oxygen atoms in total. The molecular formula is C64H132NO3P. The largest absolute Gasteiger partial charge is 0.405 e. The Hall–Kier alpha value is 0.110. The lowest BCUT2D eigenvalue weighted by molar-refractivity contribution is 0.194. The van der Waals surface area contributed by atoms with Crippen LogP contribution >= 0.6 is 7.75 Å². The van der Waals surface area contributed by atoms with Crippen molar-refractivity contribution in [2.75, 3.05) is 19.7 Å². The van der Waals surface area contributed by atoms with E-state index in [1.54, 1.807) is 0 Å². The molecule has 0 radical (unpaired) electrons. The molecule has 1 atom stereocenters. The van der Waals surface area contributed by atoms with Crippen LogP contribution in [-0.2, 0) is 9.09 Å². The molecule has 1 N–H and O–H groups in total. The predicted molar refractivity (Wildman–Crippen MR) is 312 cm³/mol. The lowest BCUT2D eigenvalue weighted by atomic mass is 10.0. The molecule has 0 spiro atoms. The molecule has 0 rings (SSSR count). The van der Waals surface area contributed by atoms with E-state index in [1.165, 1.54) is 334 Å². The van der Waals surface area contributed by atoms with Gasteiger partial charge in [-0.2, -0.15) is 0 Å². The summed E-state index contributed by atoms with van der Waals surface area (Å²) in [4.78, 5) is 11.0. The molecule has 0 amide bonds. The highest BCUT2D eigenvalue weighted by atomic mass is 31.2. The molecule has 0 saturated carbocycles. The Morgan fingerprint density at radius 3 is 0.565 bits per heavy atom. The second kappa shape index (κ2) is 60.7. The number of rotatable bonds is 63. The first-order chi connectivity index (χ1) is 34.1. The third-order valence-corrected chi connectivity index (χ3v) is 17.3. The molecule has 0 aromatic carbocycles. The molecule has 0 aliphatic heterocycles. The lowest BCUT2D eigenvalue weighted by Crippen LogP contribution is -2.24. The molecule has 0 bridgehead atoms. The van der Waals surface area contributed by atoms with Crippen molar-refractivity contribution in [2.45, 2.75) is 393 Å². The molecule has 0 heterocycles. The molecule has 69 heavy (non-hydrogen) atoms. The van der Waals surface area contributed by atoms with E-state index in [-0.39, 0.29) is 0 Å². The van der Waals surface area contributed by atoms with Gasteiger partial charge in [0.15, 0.2) is 0 Å². The van der Waals surface area contributed by atoms with Crippen molar-refractivity contribution in [1.82, 2.24) is 4.67 Å². The summed E-state index contributed by atoms with van der Waals surface area (Å²) in [6, 6.07) is 0. The predicted octanol–water partition coefficient (Wildman–Crippen LogP) is 24.1. The van der Waals surface area contributed by atoms with Crippen molar-refractivity contribution in [2.24, 2.45) is 0 Å². The van der Waals surface area contributed by atoms with Gasteiger partial charge in [0.05, 0.1) is 6.61 Å². The summed E-state index contributed by atoms with van der Waals surface area (Å²) in [7, 11) is -3.72. The molecule has 0 aromatic rings. The minimum Gasteiger partial charge on any atom is -0.312 e. The molecule has 1 unspecified atom stereocenters. The molecule has 5 heteroatoms. The fourth-order valence-electron chi connectivity index (χ4n) is 10.7. The maximum atomic E-state index is 13.4. The van der Waals surface area contributed by atoms with Gasteiger partial charge < -0.3 is 4.89 Å². The van der Waals surface area contributed by atoms with E-state index < -0.39 is 7.75 Å². The Kier molecular flexibility index (Phi) is 60.8. The average molecular weight is 995 g/mol. The second-order valence-corrected chi connectivity index (χ2v) is 24.5. The van der Waals surface area contributed by atoms with Gasteiger partial charge in [0, 0.05) is 13.1 Å². The van der Waals surface area contributed by atoms with Gasteiger partial charge in [0.1, 0.15) is 0 Å². The van der Waals surface area contributed by atoms with Gasteiger partial charge >= 0.3 is 7.75 Å². The Bertz CT molecular complexity index is 903. The number of unbranched alkanes of at least 4 members (excludes halogenated alkanes) is 55. The van der Waals surface area contributed by atoms with Gasteiger partial charge in [-0.05, 0) is 19.3 Å². The maximum Gasteiger partial charge on any atom is 0.405 e. The standard InChI is InChI=1S/C64H132NO3P/c1-4-7-10-13-15-17-19-21-23-25-27-29-31-33-35-37-39-41-43-45-47-49-51-53-55-57-59-62-65(69(66,67)68-64-61-12-9-6-3)63-60-58-56-54-52-50-48-46-44-42-40-38-36-34-32-30-28-26-24-22-20-18-16-14-11-8-5-2/h4-64H2,1-3H3,(H,66,67). The second-order valence-electron chi connectivity index (χ2n) is 22.7. The van der Waals surface area contributed by atoms with Gasteiger partial charge in [-0.3, -0.25) is 4.52 Å². The minimum atomic E-state index is -3.72. The van der Waals surface area contributed by atoms with Crippen molar-refractivity contribution < 1.29 is 14.0 Å². The summed E-state index contributed by atoms with van der Waals surface area (Å²) in [5, 5.41) is 0. The number of hydrogen-bond acceptors (Lipinski definition) is 2. The zero-order valence-electron chi connectivity index (χ0n) is 48.3. The molecule has 0 aliphatic rings. The maximum absolute atomic E-state index is 13.4. The van der Waals surface area contributed by atoms with Crippen LogP contribution in [0.3, 0.4) is 0 Å². The molecule has 0 fully saturated rings. The monoisotopic (exact) mass is 994 g/mol. The summed E-state index contributed by atoms with van der Waals surface area (Å²) in [5.74, 6) is 0. The first-order valence-electron chi connectivity index (χ1n) is 32.8. The molecule has 0 saturated heterocycles. The van der Waals surface area contributed by atoms with Crippen LogP contribution in [0.2, 0.25) is 0 Å². The highest BCUT2D eigenvalue weighted by Crippen LogP contribution is 2.47. The zero-order valence-corrected chi connectivity index (χ0v) is 49.2. The number of hydrogen-bond donors (Lipinski definition) is 1.